The van der Waals surface area contributed by atoms with Crippen molar-refractivity contribution in [3.8, 4) is 0 Å². The van der Waals surface area contributed by atoms with Crippen molar-refractivity contribution < 1.29 is 17.0 Å². The monoisotopic (exact) mass is 270 g/mol. The smallest absolute Gasteiger partial charge is 0.248 e. The van der Waals surface area contributed by atoms with Crippen molar-refractivity contribution >= 4 is 6.20 Å². The summed E-state index contributed by atoms with van der Waals surface area (Å²) in [6, 6.07) is 0. The summed E-state index contributed by atoms with van der Waals surface area (Å²) in [5.74, 6) is 0. The molecule has 2 nitrogen and oxygen atoms in total. The molecule has 0 saturated heterocycles. The van der Waals surface area contributed by atoms with E-state index in [4.69, 9.17) is 0 Å². The summed E-state index contributed by atoms with van der Waals surface area (Å²) in [4.78, 5) is 0. The molecule has 0 aliphatic heterocycles. The predicted molar refractivity (Wildman–Crippen MR) is 73.6 cm³/mol. The molecule has 0 aromatic carbocycles. The van der Waals surface area contributed by atoms with Gasteiger partial charge in [0.15, 0.2) is 0 Å². The van der Waals surface area contributed by atoms with Crippen molar-refractivity contribution in [3.63, 3.8) is 0 Å². The summed E-state index contributed by atoms with van der Waals surface area (Å²) in [5.41, 5.74) is 0. The van der Waals surface area contributed by atoms with Crippen LogP contribution in [0.4, 0.5) is 0 Å². The summed E-state index contributed by atoms with van der Waals surface area (Å²) in [6.45, 7) is 7.14. The third-order valence-electron chi connectivity index (χ3n) is 3.19. The summed E-state index contributed by atoms with van der Waals surface area (Å²) in [7, 11) is 0. The highest BCUT2D eigenvalue weighted by Gasteiger charge is 2.00. The number of unbranched alkanes of at least 4 members (excludes halogenated alkanes) is 7. The van der Waals surface area contributed by atoms with Crippen LogP contribution in [-0.2, 0) is 6.54 Å². The van der Waals surface area contributed by atoms with E-state index in [0.717, 1.165) is 6.54 Å². The predicted octanol–water partition coefficient (Wildman–Crippen LogP) is 1.02. The normalized spacial score (nSPS) is 10.1. The molecule has 18 heavy (non-hydrogen) atoms. The Hall–Kier alpha value is -0.760. The van der Waals surface area contributed by atoms with Gasteiger partial charge in [0.05, 0.1) is 12.7 Å². The van der Waals surface area contributed by atoms with E-state index in [-0.39, 0.29) is 12.4 Å². The lowest BCUT2D eigenvalue weighted by Gasteiger charge is -2.00. The van der Waals surface area contributed by atoms with Crippen LogP contribution in [0.3, 0.4) is 0 Å². The third kappa shape index (κ3) is 7.54. The van der Waals surface area contributed by atoms with Crippen molar-refractivity contribution in [1.82, 2.24) is 4.57 Å². The van der Waals surface area contributed by atoms with Gasteiger partial charge in [-0.3, -0.25) is 0 Å². The van der Waals surface area contributed by atoms with Crippen LogP contribution in [0.15, 0.2) is 25.3 Å². The zero-order valence-electron chi connectivity index (χ0n) is 11.7. The van der Waals surface area contributed by atoms with Crippen LogP contribution >= 0.6 is 0 Å². The Morgan fingerprint density at radius 3 is 2.22 bits per heavy atom. The molecule has 0 radical (unpaired) electrons. The molecule has 1 aromatic rings. The van der Waals surface area contributed by atoms with Gasteiger partial charge < -0.3 is 12.4 Å². The molecule has 0 saturated carbocycles. The molecular weight excluding hydrogens is 244 g/mol. The number of imidazole rings is 1. The number of aryl methyl sites for hydroxylation is 1. The summed E-state index contributed by atoms with van der Waals surface area (Å²) in [6.07, 6.45) is 19.1. The first kappa shape index (κ1) is 17.2. The van der Waals surface area contributed by atoms with Gasteiger partial charge in [-0.25, -0.2) is 9.13 Å². The van der Waals surface area contributed by atoms with E-state index in [9.17, 15) is 0 Å². The zero-order valence-corrected chi connectivity index (χ0v) is 12.4. The van der Waals surface area contributed by atoms with Crippen LogP contribution in [0, 0.1) is 0 Å². The number of aromatic nitrogens is 2. The summed E-state index contributed by atoms with van der Waals surface area (Å²) < 4.78 is 4.23. The van der Waals surface area contributed by atoms with E-state index >= 15 is 0 Å². The molecule has 0 fully saturated rings. The first-order valence-corrected chi connectivity index (χ1v) is 7.06. The maximum absolute atomic E-state index is 3.74. The highest BCUT2D eigenvalue weighted by molar-refractivity contribution is 5.12. The van der Waals surface area contributed by atoms with Crippen LogP contribution in [0.2, 0.25) is 0 Å². The lowest BCUT2D eigenvalue weighted by molar-refractivity contribution is -0.696. The van der Waals surface area contributed by atoms with E-state index in [2.05, 4.69) is 30.6 Å². The highest BCUT2D eigenvalue weighted by Crippen LogP contribution is 2.08. The minimum Gasteiger partial charge on any atom is -1.00 e. The second-order valence-corrected chi connectivity index (χ2v) is 4.76. The maximum atomic E-state index is 3.74. The van der Waals surface area contributed by atoms with Crippen LogP contribution in [0.1, 0.15) is 58.3 Å². The van der Waals surface area contributed by atoms with E-state index in [1.54, 1.807) is 0 Å². The van der Waals surface area contributed by atoms with E-state index in [0.29, 0.717) is 0 Å². The van der Waals surface area contributed by atoms with Crippen LogP contribution < -0.4 is 17.0 Å². The van der Waals surface area contributed by atoms with Crippen molar-refractivity contribution in [2.24, 2.45) is 0 Å². The first-order chi connectivity index (χ1) is 8.36. The molecule has 3 heteroatoms. The highest BCUT2D eigenvalue weighted by atomic mass is 35.5. The maximum Gasteiger partial charge on any atom is 0.248 e. The average molecular weight is 271 g/mol. The van der Waals surface area contributed by atoms with E-state index < -0.39 is 0 Å². The quantitative estimate of drug-likeness (QED) is 0.444. The topological polar surface area (TPSA) is 8.81 Å². The minimum absolute atomic E-state index is 0. The number of hydrogen-bond acceptors (Lipinski definition) is 0. The van der Waals surface area contributed by atoms with Gasteiger partial charge in [0.2, 0.25) is 6.33 Å². The van der Waals surface area contributed by atoms with Crippen molar-refractivity contribution in [2.45, 2.75) is 64.8 Å². The standard InChI is InChI=1S/C15H27N2.ClH/c1-3-5-6-7-8-9-10-11-12-17-14-13-16(4-2)15-17;/h4,13-15H,2-3,5-12H2,1H3;1H/q+1;/p-1. The Balaban J connectivity index is 0.00000289. The van der Waals surface area contributed by atoms with Crippen molar-refractivity contribution in [1.29, 1.82) is 0 Å². The van der Waals surface area contributed by atoms with Crippen LogP contribution in [-0.4, -0.2) is 4.57 Å². The molecule has 1 heterocycles. The molecule has 0 unspecified atom stereocenters. The molecule has 0 atom stereocenters. The van der Waals surface area contributed by atoms with Crippen LogP contribution in [0.5, 0.6) is 0 Å². The van der Waals surface area contributed by atoms with E-state index in [1.165, 1.54) is 51.4 Å². The molecule has 0 aliphatic carbocycles. The number of nitrogens with zero attached hydrogens (tertiary/aromatic N) is 2. The Morgan fingerprint density at radius 2 is 1.67 bits per heavy atom. The SMILES string of the molecule is C=Cn1cc[n+](CCCCCCCCCC)c1.[Cl-]. The van der Waals surface area contributed by atoms with Gasteiger partial charge in [-0.05, 0) is 12.8 Å². The molecule has 0 spiro atoms. The van der Waals surface area contributed by atoms with Gasteiger partial charge in [0.25, 0.3) is 0 Å². The van der Waals surface area contributed by atoms with E-state index in [1.807, 2.05) is 17.0 Å². The fraction of sp³-hybridized carbons (Fsp3) is 0.667. The Morgan fingerprint density at radius 1 is 1.06 bits per heavy atom. The lowest BCUT2D eigenvalue weighted by Crippen LogP contribution is -3.00. The van der Waals surface area contributed by atoms with Gasteiger partial charge in [0, 0.05) is 0 Å². The summed E-state index contributed by atoms with van der Waals surface area (Å²) in [5, 5.41) is 0. The van der Waals surface area contributed by atoms with Crippen LogP contribution in [0.25, 0.3) is 6.20 Å². The molecule has 0 N–H and O–H groups in total. The van der Waals surface area contributed by atoms with Gasteiger partial charge in [-0.15, -0.1) is 0 Å². The Labute approximate surface area is 118 Å². The summed E-state index contributed by atoms with van der Waals surface area (Å²) >= 11 is 0. The number of hydrogen-bond donors (Lipinski definition) is 0. The largest absolute Gasteiger partial charge is 1.00 e. The fourth-order valence-corrected chi connectivity index (χ4v) is 2.08. The second kappa shape index (κ2) is 11.3. The average Bonchev–Trinajstić information content (AvgIpc) is 2.80. The van der Waals surface area contributed by atoms with Crippen molar-refractivity contribution in [3.05, 3.63) is 25.3 Å². The molecule has 1 rings (SSSR count). The Bertz CT molecular complexity index is 307. The molecule has 104 valence electrons. The minimum atomic E-state index is 0. The van der Waals surface area contributed by atoms with Gasteiger partial charge in [-0.2, -0.15) is 0 Å². The van der Waals surface area contributed by atoms with Crippen molar-refractivity contribution in [2.75, 3.05) is 0 Å². The third-order valence-corrected chi connectivity index (χ3v) is 3.19. The number of rotatable bonds is 10. The Kier molecular flexibility index (Phi) is 10.9. The zero-order chi connectivity index (χ0) is 12.3. The molecule has 0 amide bonds. The van der Waals surface area contributed by atoms with Gasteiger partial charge in [-0.1, -0.05) is 52.0 Å². The first-order valence-electron chi connectivity index (χ1n) is 7.06. The van der Waals surface area contributed by atoms with Gasteiger partial charge >= 0.3 is 0 Å². The molecule has 0 aliphatic rings. The fourth-order valence-electron chi connectivity index (χ4n) is 2.08. The second-order valence-electron chi connectivity index (χ2n) is 4.76. The number of halogens is 1. The lowest BCUT2D eigenvalue weighted by atomic mass is 10.1. The molecular formula is C15H27ClN2. The van der Waals surface area contributed by atoms with Gasteiger partial charge in [0.1, 0.15) is 12.4 Å². The molecule has 0 bridgehead atoms. The molecule has 1 aromatic heterocycles.